The Labute approximate surface area is 173 Å². The Morgan fingerprint density at radius 1 is 1.03 bits per heavy atom. The normalized spacial score (nSPS) is 21.1. The summed E-state index contributed by atoms with van der Waals surface area (Å²) in [4.78, 5) is 9.45. The van der Waals surface area contributed by atoms with Gasteiger partial charge in [0.15, 0.2) is 0 Å². The third kappa shape index (κ3) is 6.08. The summed E-state index contributed by atoms with van der Waals surface area (Å²) in [6.45, 7) is 6.66. The van der Waals surface area contributed by atoms with Gasteiger partial charge in [0.2, 0.25) is 0 Å². The van der Waals surface area contributed by atoms with E-state index in [-0.39, 0.29) is 5.82 Å². The average molecular weight is 398 g/mol. The van der Waals surface area contributed by atoms with Crippen molar-refractivity contribution in [1.82, 2.24) is 14.8 Å². The Kier molecular flexibility index (Phi) is 7.25. The van der Waals surface area contributed by atoms with Gasteiger partial charge in [0.05, 0.1) is 11.8 Å². The maximum absolute atomic E-state index is 13.9. The van der Waals surface area contributed by atoms with Crippen molar-refractivity contribution in [1.29, 1.82) is 0 Å². The number of ether oxygens (including phenoxy) is 1. The molecule has 4 nitrogen and oxygen atoms in total. The predicted octanol–water partition coefficient (Wildman–Crippen LogP) is 4.11. The first kappa shape index (κ1) is 20.5. The van der Waals surface area contributed by atoms with Gasteiger partial charge < -0.3 is 4.74 Å². The van der Waals surface area contributed by atoms with Crippen LogP contribution in [0.5, 0.6) is 0 Å². The van der Waals surface area contributed by atoms with Gasteiger partial charge in [-0.25, -0.2) is 4.39 Å². The highest BCUT2D eigenvalue weighted by Gasteiger charge is 2.25. The monoisotopic (exact) mass is 397 g/mol. The van der Waals surface area contributed by atoms with Gasteiger partial charge in [0, 0.05) is 44.5 Å². The van der Waals surface area contributed by atoms with Crippen molar-refractivity contribution in [2.75, 3.05) is 32.8 Å². The van der Waals surface area contributed by atoms with Crippen LogP contribution in [0.25, 0.3) is 0 Å². The molecule has 0 spiro atoms. The van der Waals surface area contributed by atoms with E-state index in [0.29, 0.717) is 18.6 Å². The number of nitrogens with zero attached hydrogens (tertiary/aromatic N) is 3. The molecule has 156 valence electrons. The average Bonchev–Trinajstić information content (AvgIpc) is 3.25. The van der Waals surface area contributed by atoms with Crippen LogP contribution in [0.4, 0.5) is 4.39 Å². The van der Waals surface area contributed by atoms with E-state index in [9.17, 15) is 4.39 Å². The lowest BCUT2D eigenvalue weighted by Crippen LogP contribution is -2.40. The quantitative estimate of drug-likeness (QED) is 0.670. The van der Waals surface area contributed by atoms with Gasteiger partial charge in [-0.1, -0.05) is 24.3 Å². The van der Waals surface area contributed by atoms with Gasteiger partial charge in [-0.15, -0.1) is 0 Å². The first-order chi connectivity index (χ1) is 14.3. The summed E-state index contributed by atoms with van der Waals surface area (Å²) in [6.07, 6.45) is 6.91. The molecule has 1 unspecified atom stereocenters. The number of halogens is 1. The third-order valence-electron chi connectivity index (χ3n) is 6.17. The molecule has 0 saturated carbocycles. The standard InChI is InChI=1S/C24H32FN3O/c25-24-9-2-1-6-21(24)17-27-13-10-20(11-14-27)16-28(19-23-8-5-15-29-23)18-22-7-3-4-12-26-22/h1-4,6-7,9,12,20,23H,5,8,10-11,13-19H2. The van der Waals surface area contributed by atoms with E-state index in [2.05, 4.69) is 26.9 Å². The molecule has 2 aromatic rings. The summed E-state index contributed by atoms with van der Waals surface area (Å²) in [5, 5.41) is 0. The van der Waals surface area contributed by atoms with Crippen LogP contribution in [0.3, 0.4) is 0 Å². The van der Waals surface area contributed by atoms with E-state index < -0.39 is 0 Å². The number of hydrogen-bond donors (Lipinski definition) is 0. The number of aromatic nitrogens is 1. The van der Waals surface area contributed by atoms with Crippen molar-refractivity contribution >= 4 is 0 Å². The molecule has 0 N–H and O–H groups in total. The fraction of sp³-hybridized carbons (Fsp3) is 0.542. The lowest BCUT2D eigenvalue weighted by Gasteiger charge is -2.35. The Bertz CT molecular complexity index is 743. The Balaban J connectivity index is 1.30. The van der Waals surface area contributed by atoms with E-state index in [1.54, 1.807) is 12.1 Å². The highest BCUT2D eigenvalue weighted by Crippen LogP contribution is 2.23. The van der Waals surface area contributed by atoms with E-state index in [1.807, 2.05) is 24.4 Å². The van der Waals surface area contributed by atoms with Crippen LogP contribution in [0.1, 0.15) is 36.9 Å². The number of hydrogen-bond acceptors (Lipinski definition) is 4. The number of benzene rings is 1. The zero-order valence-corrected chi connectivity index (χ0v) is 17.2. The van der Waals surface area contributed by atoms with Crippen molar-refractivity contribution in [2.45, 2.75) is 44.9 Å². The molecule has 0 aliphatic carbocycles. The predicted molar refractivity (Wildman–Crippen MR) is 113 cm³/mol. The summed E-state index contributed by atoms with van der Waals surface area (Å²) in [5.41, 5.74) is 1.93. The molecular formula is C24H32FN3O. The molecule has 3 heterocycles. The van der Waals surface area contributed by atoms with E-state index in [1.165, 1.54) is 25.7 Å². The molecule has 0 bridgehead atoms. The second-order valence-electron chi connectivity index (χ2n) is 8.46. The van der Waals surface area contributed by atoms with Crippen molar-refractivity contribution in [2.24, 2.45) is 5.92 Å². The summed E-state index contributed by atoms with van der Waals surface area (Å²) >= 11 is 0. The molecule has 4 rings (SSSR count). The van der Waals surface area contributed by atoms with Crippen molar-refractivity contribution < 1.29 is 9.13 Å². The summed E-state index contributed by atoms with van der Waals surface area (Å²) in [5.74, 6) is 0.588. The van der Waals surface area contributed by atoms with Gasteiger partial charge in [-0.3, -0.25) is 14.8 Å². The van der Waals surface area contributed by atoms with Crippen LogP contribution in [-0.2, 0) is 17.8 Å². The molecule has 2 aliphatic heterocycles. The first-order valence-corrected chi connectivity index (χ1v) is 11.0. The molecule has 2 fully saturated rings. The molecule has 1 atom stereocenters. The molecule has 0 amide bonds. The van der Waals surface area contributed by atoms with Crippen molar-refractivity contribution in [3.05, 3.63) is 65.7 Å². The van der Waals surface area contributed by atoms with Crippen molar-refractivity contribution in [3.63, 3.8) is 0 Å². The molecule has 2 aliphatic rings. The van der Waals surface area contributed by atoms with Crippen molar-refractivity contribution in [3.8, 4) is 0 Å². The fourth-order valence-electron chi connectivity index (χ4n) is 4.56. The maximum atomic E-state index is 13.9. The minimum Gasteiger partial charge on any atom is -0.377 e. The van der Waals surface area contributed by atoms with E-state index >= 15 is 0 Å². The first-order valence-electron chi connectivity index (χ1n) is 11.0. The molecular weight excluding hydrogens is 365 g/mol. The topological polar surface area (TPSA) is 28.6 Å². The van der Waals surface area contributed by atoms with Crippen LogP contribution in [0.2, 0.25) is 0 Å². The number of piperidine rings is 1. The van der Waals surface area contributed by atoms with Gasteiger partial charge in [-0.2, -0.15) is 0 Å². The fourth-order valence-corrected chi connectivity index (χ4v) is 4.56. The minimum atomic E-state index is -0.0901. The van der Waals surface area contributed by atoms with Crippen LogP contribution in [0.15, 0.2) is 48.7 Å². The number of likely N-dealkylation sites (tertiary alicyclic amines) is 1. The largest absolute Gasteiger partial charge is 0.377 e. The van der Waals surface area contributed by atoms with E-state index in [4.69, 9.17) is 4.74 Å². The highest BCUT2D eigenvalue weighted by atomic mass is 19.1. The van der Waals surface area contributed by atoms with Crippen LogP contribution in [-0.4, -0.2) is 53.7 Å². The smallest absolute Gasteiger partial charge is 0.127 e. The SMILES string of the molecule is Fc1ccccc1CN1CCC(CN(Cc2ccccn2)CC2CCCO2)CC1. The molecule has 1 aromatic heterocycles. The zero-order valence-electron chi connectivity index (χ0n) is 17.2. The van der Waals surface area contributed by atoms with Gasteiger partial charge >= 0.3 is 0 Å². The lowest BCUT2D eigenvalue weighted by atomic mass is 9.95. The summed E-state index contributed by atoms with van der Waals surface area (Å²) < 4.78 is 19.8. The molecule has 5 heteroatoms. The van der Waals surface area contributed by atoms with E-state index in [0.717, 1.165) is 50.6 Å². The van der Waals surface area contributed by atoms with Crippen LogP contribution >= 0.6 is 0 Å². The molecule has 29 heavy (non-hydrogen) atoms. The summed E-state index contributed by atoms with van der Waals surface area (Å²) in [6, 6.07) is 13.3. The lowest BCUT2D eigenvalue weighted by molar-refractivity contribution is 0.0565. The minimum absolute atomic E-state index is 0.0901. The van der Waals surface area contributed by atoms with Crippen LogP contribution in [0, 0.1) is 11.7 Å². The number of pyridine rings is 1. The zero-order chi connectivity index (χ0) is 19.9. The van der Waals surface area contributed by atoms with Gasteiger partial charge in [0.25, 0.3) is 0 Å². The van der Waals surface area contributed by atoms with Gasteiger partial charge in [-0.05, 0) is 62.9 Å². The maximum Gasteiger partial charge on any atom is 0.127 e. The second kappa shape index (κ2) is 10.3. The number of rotatable bonds is 8. The Morgan fingerprint density at radius 2 is 1.86 bits per heavy atom. The molecule has 2 saturated heterocycles. The second-order valence-corrected chi connectivity index (χ2v) is 8.46. The van der Waals surface area contributed by atoms with Crippen LogP contribution < -0.4 is 0 Å². The molecule has 1 aromatic carbocycles. The third-order valence-corrected chi connectivity index (χ3v) is 6.17. The Hall–Kier alpha value is -1.82. The highest BCUT2D eigenvalue weighted by molar-refractivity contribution is 5.17. The molecule has 0 radical (unpaired) electrons. The summed E-state index contributed by atoms with van der Waals surface area (Å²) in [7, 11) is 0. The van der Waals surface area contributed by atoms with Gasteiger partial charge in [0.1, 0.15) is 5.82 Å². The Morgan fingerprint density at radius 3 is 2.59 bits per heavy atom.